The van der Waals surface area contributed by atoms with Gasteiger partial charge in [0.25, 0.3) is 0 Å². The normalized spacial score (nSPS) is 28.0. The number of ether oxygens (including phenoxy) is 1. The largest absolute Gasteiger partial charge is 0.456 e. The minimum absolute atomic E-state index is 0.0473. The molecule has 0 amide bonds. The van der Waals surface area contributed by atoms with Crippen molar-refractivity contribution in [3.63, 3.8) is 0 Å². The Balaban J connectivity index is 1.69. The average molecular weight is 363 g/mol. The molecular formula is C23H25NO3. The highest BCUT2D eigenvalue weighted by molar-refractivity contribution is 5.85. The van der Waals surface area contributed by atoms with Crippen LogP contribution in [-0.4, -0.2) is 35.3 Å². The Morgan fingerprint density at radius 1 is 1.07 bits per heavy atom. The monoisotopic (exact) mass is 363 g/mol. The van der Waals surface area contributed by atoms with Crippen LogP contribution in [0.5, 0.6) is 0 Å². The molecule has 27 heavy (non-hydrogen) atoms. The topological polar surface area (TPSA) is 46.6 Å². The molecule has 1 heterocycles. The first kappa shape index (κ1) is 17.9. The Labute approximate surface area is 160 Å². The van der Waals surface area contributed by atoms with Gasteiger partial charge in [-0.25, -0.2) is 0 Å². The van der Waals surface area contributed by atoms with Crippen molar-refractivity contribution in [2.45, 2.75) is 37.8 Å². The van der Waals surface area contributed by atoms with E-state index in [9.17, 15) is 9.59 Å². The molecule has 1 aliphatic carbocycles. The number of benzene rings is 2. The number of rotatable bonds is 4. The van der Waals surface area contributed by atoms with Gasteiger partial charge in [0.2, 0.25) is 0 Å². The van der Waals surface area contributed by atoms with Crippen LogP contribution in [0.4, 0.5) is 0 Å². The molecule has 1 saturated heterocycles. The molecule has 4 nitrogen and oxygen atoms in total. The van der Waals surface area contributed by atoms with Gasteiger partial charge in [0.15, 0.2) is 0 Å². The SMILES string of the molecule is CC(=O)OC12CN(Cc3ccccc3)CC1C(=O)CCC2c1ccccc1. The van der Waals surface area contributed by atoms with Crippen LogP contribution in [0.2, 0.25) is 0 Å². The maximum absolute atomic E-state index is 12.8. The second-order valence-corrected chi connectivity index (χ2v) is 7.72. The highest BCUT2D eigenvalue weighted by Gasteiger charge is 2.59. The van der Waals surface area contributed by atoms with E-state index in [1.165, 1.54) is 12.5 Å². The highest BCUT2D eigenvalue weighted by atomic mass is 16.6. The number of hydrogen-bond acceptors (Lipinski definition) is 4. The second kappa shape index (κ2) is 7.28. The highest BCUT2D eigenvalue weighted by Crippen LogP contribution is 2.49. The van der Waals surface area contributed by atoms with Crippen LogP contribution in [-0.2, 0) is 20.9 Å². The lowest BCUT2D eigenvalue weighted by molar-refractivity contribution is -0.168. The summed E-state index contributed by atoms with van der Waals surface area (Å²) in [5.74, 6) is -0.300. The van der Waals surface area contributed by atoms with Crippen molar-refractivity contribution in [3.8, 4) is 0 Å². The van der Waals surface area contributed by atoms with E-state index < -0.39 is 5.60 Å². The lowest BCUT2D eigenvalue weighted by atomic mass is 9.66. The van der Waals surface area contributed by atoms with Crippen LogP contribution in [0.25, 0.3) is 0 Å². The number of fused-ring (bicyclic) bond motifs is 1. The Morgan fingerprint density at radius 2 is 1.74 bits per heavy atom. The summed E-state index contributed by atoms with van der Waals surface area (Å²) in [5, 5.41) is 0. The molecule has 0 radical (unpaired) electrons. The summed E-state index contributed by atoms with van der Waals surface area (Å²) in [4.78, 5) is 27.1. The van der Waals surface area contributed by atoms with Gasteiger partial charge >= 0.3 is 5.97 Å². The first-order valence-electron chi connectivity index (χ1n) is 9.62. The van der Waals surface area contributed by atoms with Crippen molar-refractivity contribution >= 4 is 11.8 Å². The molecule has 4 heteroatoms. The van der Waals surface area contributed by atoms with Crippen molar-refractivity contribution in [3.05, 3.63) is 71.8 Å². The molecule has 1 saturated carbocycles. The van der Waals surface area contributed by atoms with Gasteiger partial charge in [-0.2, -0.15) is 0 Å². The molecule has 2 aliphatic rings. The van der Waals surface area contributed by atoms with Gasteiger partial charge in [-0.15, -0.1) is 0 Å². The van der Waals surface area contributed by atoms with Crippen LogP contribution in [0.1, 0.15) is 36.8 Å². The first-order chi connectivity index (χ1) is 13.1. The van der Waals surface area contributed by atoms with E-state index in [1.54, 1.807) is 0 Å². The van der Waals surface area contributed by atoms with E-state index in [1.807, 2.05) is 36.4 Å². The number of esters is 1. The molecule has 1 aliphatic heterocycles. The third-order valence-corrected chi connectivity index (χ3v) is 5.94. The summed E-state index contributed by atoms with van der Waals surface area (Å²) in [7, 11) is 0. The number of ketones is 1. The predicted octanol–water partition coefficient (Wildman–Crippen LogP) is 3.57. The second-order valence-electron chi connectivity index (χ2n) is 7.72. The number of likely N-dealkylation sites (tertiary alicyclic amines) is 1. The Bertz CT molecular complexity index is 820. The molecule has 0 aromatic heterocycles. The van der Waals surface area contributed by atoms with Gasteiger partial charge in [0.05, 0.1) is 5.92 Å². The molecular weight excluding hydrogens is 338 g/mol. The Kier molecular flexibility index (Phi) is 4.83. The number of hydrogen-bond donors (Lipinski definition) is 0. The lowest BCUT2D eigenvalue weighted by Gasteiger charge is -2.43. The fourth-order valence-electron chi connectivity index (χ4n) is 4.91. The van der Waals surface area contributed by atoms with Gasteiger partial charge in [-0.1, -0.05) is 60.7 Å². The molecule has 2 aromatic rings. The number of nitrogens with zero attached hydrogens (tertiary/aromatic N) is 1. The molecule has 0 N–H and O–H groups in total. The molecule has 0 spiro atoms. The summed E-state index contributed by atoms with van der Waals surface area (Å²) < 4.78 is 6.01. The van der Waals surface area contributed by atoms with Crippen molar-refractivity contribution in [1.82, 2.24) is 4.90 Å². The van der Waals surface area contributed by atoms with Crippen LogP contribution >= 0.6 is 0 Å². The fraction of sp³-hybridized carbons (Fsp3) is 0.391. The molecule has 140 valence electrons. The molecule has 2 aromatic carbocycles. The summed E-state index contributed by atoms with van der Waals surface area (Å²) >= 11 is 0. The average Bonchev–Trinajstić information content (AvgIpc) is 3.02. The lowest BCUT2D eigenvalue weighted by Crippen LogP contribution is -2.53. The molecule has 3 atom stereocenters. The maximum atomic E-state index is 12.8. The smallest absolute Gasteiger partial charge is 0.303 e. The van der Waals surface area contributed by atoms with E-state index in [2.05, 4.69) is 29.2 Å². The van der Waals surface area contributed by atoms with Crippen molar-refractivity contribution in [1.29, 1.82) is 0 Å². The third-order valence-electron chi connectivity index (χ3n) is 5.94. The van der Waals surface area contributed by atoms with Gasteiger partial charge < -0.3 is 4.74 Å². The van der Waals surface area contributed by atoms with E-state index in [0.29, 0.717) is 19.5 Å². The molecule has 0 bridgehead atoms. The zero-order chi connectivity index (χ0) is 18.9. The molecule has 2 fully saturated rings. The zero-order valence-electron chi connectivity index (χ0n) is 15.6. The number of carbonyl (C=O) groups is 2. The quantitative estimate of drug-likeness (QED) is 0.779. The van der Waals surface area contributed by atoms with E-state index in [4.69, 9.17) is 4.74 Å². The zero-order valence-corrected chi connectivity index (χ0v) is 15.6. The minimum Gasteiger partial charge on any atom is -0.456 e. The number of Topliss-reactive ketones (excluding diaryl/α,β-unsaturated/α-hetero) is 1. The van der Waals surface area contributed by atoms with Crippen LogP contribution in [0.3, 0.4) is 0 Å². The molecule has 4 rings (SSSR count). The van der Waals surface area contributed by atoms with Crippen LogP contribution in [0, 0.1) is 5.92 Å². The summed E-state index contributed by atoms with van der Waals surface area (Å²) in [6, 6.07) is 20.4. The summed E-state index contributed by atoms with van der Waals surface area (Å²) in [6.45, 7) is 3.45. The minimum atomic E-state index is -0.767. The van der Waals surface area contributed by atoms with E-state index >= 15 is 0 Å². The predicted molar refractivity (Wildman–Crippen MR) is 103 cm³/mol. The van der Waals surface area contributed by atoms with Gasteiger partial charge in [-0.05, 0) is 17.5 Å². The van der Waals surface area contributed by atoms with Gasteiger partial charge in [-0.3, -0.25) is 14.5 Å². The van der Waals surface area contributed by atoms with Gasteiger partial charge in [0.1, 0.15) is 11.4 Å². The Hall–Kier alpha value is -2.46. The maximum Gasteiger partial charge on any atom is 0.303 e. The van der Waals surface area contributed by atoms with Crippen molar-refractivity contribution < 1.29 is 14.3 Å². The summed E-state index contributed by atoms with van der Waals surface area (Å²) in [6.07, 6.45) is 1.28. The van der Waals surface area contributed by atoms with Gasteiger partial charge in [0, 0.05) is 38.9 Å². The fourth-order valence-corrected chi connectivity index (χ4v) is 4.91. The third kappa shape index (κ3) is 3.42. The summed E-state index contributed by atoms with van der Waals surface area (Å²) in [5.41, 5.74) is 1.59. The first-order valence-corrected chi connectivity index (χ1v) is 9.62. The standard InChI is InChI=1S/C23H25NO3/c1-17(25)27-23-16-24(14-18-8-4-2-5-9-18)15-21(23)22(26)13-12-20(23)19-10-6-3-7-11-19/h2-11,20-21H,12-16H2,1H3. The van der Waals surface area contributed by atoms with Crippen LogP contribution in [0.15, 0.2) is 60.7 Å². The van der Waals surface area contributed by atoms with Crippen molar-refractivity contribution in [2.24, 2.45) is 5.92 Å². The van der Waals surface area contributed by atoms with E-state index in [-0.39, 0.29) is 23.6 Å². The van der Waals surface area contributed by atoms with E-state index in [0.717, 1.165) is 18.5 Å². The van der Waals surface area contributed by atoms with Crippen molar-refractivity contribution in [2.75, 3.05) is 13.1 Å². The number of carbonyl (C=O) groups excluding carboxylic acids is 2. The molecule has 3 unspecified atom stereocenters. The van der Waals surface area contributed by atoms with Crippen LogP contribution < -0.4 is 0 Å². The Morgan fingerprint density at radius 3 is 2.41 bits per heavy atom.